The molecule has 0 heterocycles. The van der Waals surface area contributed by atoms with Gasteiger partial charge < -0.3 is 10.5 Å². The van der Waals surface area contributed by atoms with E-state index < -0.39 is 0 Å². The molecule has 2 N–H and O–H groups in total. The molecule has 0 bridgehead atoms. The van der Waals surface area contributed by atoms with Gasteiger partial charge in [-0.3, -0.25) is 4.90 Å². The molecule has 2 aliphatic carbocycles. The average Bonchev–Trinajstić information content (AvgIpc) is 3.18. The maximum atomic E-state index is 5.99. The summed E-state index contributed by atoms with van der Waals surface area (Å²) in [4.78, 5) is 2.52. The number of benzene rings is 1. The van der Waals surface area contributed by atoms with Crippen molar-refractivity contribution in [2.75, 3.05) is 20.7 Å². The molecule has 0 aromatic heterocycles. The van der Waals surface area contributed by atoms with Crippen LogP contribution >= 0.6 is 0 Å². The highest BCUT2D eigenvalue weighted by Crippen LogP contribution is 2.42. The first-order chi connectivity index (χ1) is 9.24. The van der Waals surface area contributed by atoms with Crippen molar-refractivity contribution in [2.45, 2.75) is 37.8 Å². The molecule has 3 heteroatoms. The normalized spacial score (nSPS) is 23.5. The summed E-state index contributed by atoms with van der Waals surface area (Å²) in [6, 6.07) is 7.56. The Balaban J connectivity index is 1.83. The van der Waals surface area contributed by atoms with E-state index in [1.54, 1.807) is 7.11 Å². The van der Waals surface area contributed by atoms with Crippen LogP contribution in [0.15, 0.2) is 18.2 Å². The van der Waals surface area contributed by atoms with Gasteiger partial charge in [-0.25, -0.2) is 0 Å². The topological polar surface area (TPSA) is 38.5 Å². The van der Waals surface area contributed by atoms with Gasteiger partial charge in [-0.1, -0.05) is 6.07 Å². The number of aryl methyl sites for hydroxylation is 1. The fourth-order valence-electron chi connectivity index (χ4n) is 3.51. The van der Waals surface area contributed by atoms with E-state index in [4.69, 9.17) is 10.5 Å². The molecule has 2 aliphatic rings. The molecule has 0 spiro atoms. The van der Waals surface area contributed by atoms with E-state index in [1.165, 1.54) is 36.8 Å². The molecule has 0 aliphatic heterocycles. The van der Waals surface area contributed by atoms with Gasteiger partial charge in [0.25, 0.3) is 0 Å². The Labute approximate surface area is 115 Å². The van der Waals surface area contributed by atoms with Crippen molar-refractivity contribution in [3.8, 4) is 5.75 Å². The van der Waals surface area contributed by atoms with E-state index in [9.17, 15) is 0 Å². The fourth-order valence-corrected chi connectivity index (χ4v) is 3.51. The summed E-state index contributed by atoms with van der Waals surface area (Å²) >= 11 is 0. The third-order valence-electron chi connectivity index (χ3n) is 4.82. The van der Waals surface area contributed by atoms with Crippen molar-refractivity contribution in [1.82, 2.24) is 4.90 Å². The zero-order valence-corrected chi connectivity index (χ0v) is 11.9. The number of hydrogen-bond acceptors (Lipinski definition) is 3. The van der Waals surface area contributed by atoms with Gasteiger partial charge in [-0.2, -0.15) is 0 Å². The summed E-state index contributed by atoms with van der Waals surface area (Å²) in [5.41, 5.74) is 8.91. The molecular weight excluding hydrogens is 236 g/mol. The molecule has 2 atom stereocenters. The molecular formula is C16H24N2O. The van der Waals surface area contributed by atoms with Gasteiger partial charge in [-0.05, 0) is 61.9 Å². The number of hydrogen-bond donors (Lipinski definition) is 1. The molecule has 104 valence electrons. The highest BCUT2D eigenvalue weighted by molar-refractivity contribution is 5.41. The van der Waals surface area contributed by atoms with Gasteiger partial charge in [-0.15, -0.1) is 0 Å². The van der Waals surface area contributed by atoms with Crippen LogP contribution in [0.4, 0.5) is 0 Å². The van der Waals surface area contributed by atoms with E-state index >= 15 is 0 Å². The standard InChI is InChI=1S/C16H24N2O/c1-18(16(10-17)12-3-4-12)15-8-6-11-5-7-13(19-2)9-14(11)15/h5,7,9,12,15-16H,3-4,6,8,10,17H2,1-2H3. The first kappa shape index (κ1) is 12.9. The van der Waals surface area contributed by atoms with E-state index in [0.717, 1.165) is 18.2 Å². The third-order valence-corrected chi connectivity index (χ3v) is 4.82. The average molecular weight is 260 g/mol. The van der Waals surface area contributed by atoms with Gasteiger partial charge in [0.15, 0.2) is 0 Å². The zero-order valence-electron chi connectivity index (χ0n) is 11.9. The fraction of sp³-hybridized carbons (Fsp3) is 0.625. The Kier molecular flexibility index (Phi) is 3.50. The van der Waals surface area contributed by atoms with Crippen molar-refractivity contribution in [2.24, 2.45) is 11.7 Å². The van der Waals surface area contributed by atoms with Crippen molar-refractivity contribution in [1.29, 1.82) is 0 Å². The minimum atomic E-state index is 0.513. The Morgan fingerprint density at radius 2 is 2.16 bits per heavy atom. The summed E-state index contributed by atoms with van der Waals surface area (Å²) in [5, 5.41) is 0. The third kappa shape index (κ3) is 2.37. The predicted octanol–water partition coefficient (Wildman–Crippen LogP) is 2.35. The second-order valence-corrected chi connectivity index (χ2v) is 5.93. The van der Waals surface area contributed by atoms with Gasteiger partial charge in [0.2, 0.25) is 0 Å². The minimum Gasteiger partial charge on any atom is -0.497 e. The second kappa shape index (κ2) is 5.14. The number of nitrogens with two attached hydrogens (primary N) is 1. The number of ether oxygens (including phenoxy) is 1. The summed E-state index contributed by atoms with van der Waals surface area (Å²) < 4.78 is 5.37. The van der Waals surface area contributed by atoms with E-state index in [-0.39, 0.29) is 0 Å². The molecule has 3 rings (SSSR count). The van der Waals surface area contributed by atoms with E-state index in [2.05, 4.69) is 30.1 Å². The molecule has 1 saturated carbocycles. The summed E-state index contributed by atoms with van der Waals surface area (Å²) in [6.07, 6.45) is 5.09. The lowest BCUT2D eigenvalue weighted by Gasteiger charge is -2.33. The smallest absolute Gasteiger partial charge is 0.119 e. The highest BCUT2D eigenvalue weighted by atomic mass is 16.5. The Bertz CT molecular complexity index is 456. The summed E-state index contributed by atoms with van der Waals surface area (Å²) in [6.45, 7) is 0.775. The molecule has 1 fully saturated rings. The van der Waals surface area contributed by atoms with Crippen LogP contribution in [0.25, 0.3) is 0 Å². The van der Waals surface area contributed by atoms with Gasteiger partial charge >= 0.3 is 0 Å². The maximum absolute atomic E-state index is 5.99. The number of likely N-dealkylation sites (N-methyl/N-ethyl adjacent to an activating group) is 1. The summed E-state index contributed by atoms with van der Waals surface area (Å²) in [7, 11) is 3.98. The summed E-state index contributed by atoms with van der Waals surface area (Å²) in [5.74, 6) is 1.79. The van der Waals surface area contributed by atoms with Crippen LogP contribution in [0.5, 0.6) is 5.75 Å². The highest BCUT2D eigenvalue weighted by Gasteiger charge is 2.37. The van der Waals surface area contributed by atoms with Crippen molar-refractivity contribution >= 4 is 0 Å². The molecule has 3 nitrogen and oxygen atoms in total. The first-order valence-electron chi connectivity index (χ1n) is 7.33. The van der Waals surface area contributed by atoms with Gasteiger partial charge in [0.05, 0.1) is 7.11 Å². The van der Waals surface area contributed by atoms with Crippen LogP contribution in [0.3, 0.4) is 0 Å². The first-order valence-corrected chi connectivity index (χ1v) is 7.33. The zero-order chi connectivity index (χ0) is 13.4. The van der Waals surface area contributed by atoms with Crippen LogP contribution in [-0.2, 0) is 6.42 Å². The van der Waals surface area contributed by atoms with Crippen LogP contribution in [0.1, 0.15) is 36.4 Å². The lowest BCUT2D eigenvalue weighted by atomic mass is 10.0. The molecule has 1 aromatic rings. The lowest BCUT2D eigenvalue weighted by molar-refractivity contribution is 0.159. The molecule has 0 amide bonds. The van der Waals surface area contributed by atoms with Crippen molar-refractivity contribution < 1.29 is 4.74 Å². The second-order valence-electron chi connectivity index (χ2n) is 5.93. The van der Waals surface area contributed by atoms with E-state index in [0.29, 0.717) is 12.1 Å². The van der Waals surface area contributed by atoms with Crippen LogP contribution in [0.2, 0.25) is 0 Å². The predicted molar refractivity (Wildman–Crippen MR) is 77.4 cm³/mol. The lowest BCUT2D eigenvalue weighted by Crippen LogP contribution is -2.41. The molecule has 19 heavy (non-hydrogen) atoms. The largest absolute Gasteiger partial charge is 0.497 e. The quantitative estimate of drug-likeness (QED) is 0.883. The molecule has 0 saturated heterocycles. The SMILES string of the molecule is COc1ccc2c(c1)C(N(C)C(CN)C1CC1)CC2. The number of fused-ring (bicyclic) bond motifs is 1. The Morgan fingerprint density at radius 1 is 1.37 bits per heavy atom. The van der Waals surface area contributed by atoms with Gasteiger partial charge in [0, 0.05) is 18.6 Å². The molecule has 2 unspecified atom stereocenters. The van der Waals surface area contributed by atoms with Crippen LogP contribution < -0.4 is 10.5 Å². The minimum absolute atomic E-state index is 0.513. The van der Waals surface area contributed by atoms with Crippen molar-refractivity contribution in [3.05, 3.63) is 29.3 Å². The Hall–Kier alpha value is -1.06. The number of nitrogens with zero attached hydrogens (tertiary/aromatic N) is 1. The monoisotopic (exact) mass is 260 g/mol. The number of rotatable bonds is 5. The maximum Gasteiger partial charge on any atom is 0.119 e. The van der Waals surface area contributed by atoms with Crippen molar-refractivity contribution in [3.63, 3.8) is 0 Å². The van der Waals surface area contributed by atoms with Crippen LogP contribution in [-0.4, -0.2) is 31.6 Å². The van der Waals surface area contributed by atoms with Crippen LogP contribution in [0, 0.1) is 5.92 Å². The van der Waals surface area contributed by atoms with Gasteiger partial charge in [0.1, 0.15) is 5.75 Å². The van der Waals surface area contributed by atoms with E-state index in [1.807, 2.05) is 0 Å². The number of methoxy groups -OCH3 is 1. The molecule has 1 aromatic carbocycles. The Morgan fingerprint density at radius 3 is 2.79 bits per heavy atom. The molecule has 0 radical (unpaired) electrons.